The van der Waals surface area contributed by atoms with Crippen LogP contribution in [0.25, 0.3) is 0 Å². The highest BCUT2D eigenvalue weighted by atomic mass is 19.1. The first-order valence-corrected chi connectivity index (χ1v) is 12.9. The number of benzene rings is 1. The van der Waals surface area contributed by atoms with E-state index < -0.39 is 5.83 Å². The summed E-state index contributed by atoms with van der Waals surface area (Å²) in [6.45, 7) is 2.26. The Morgan fingerprint density at radius 2 is 1.44 bits per heavy atom. The zero-order valence-corrected chi connectivity index (χ0v) is 19.8. The summed E-state index contributed by atoms with van der Waals surface area (Å²) in [7, 11) is 0. The van der Waals surface area contributed by atoms with Gasteiger partial charge in [0.2, 0.25) is 0 Å². The first-order valence-electron chi connectivity index (χ1n) is 12.9. The third-order valence-corrected chi connectivity index (χ3v) is 7.50. The molecule has 0 heterocycles. The fraction of sp³-hybridized carbons (Fsp3) is 0.567. The van der Waals surface area contributed by atoms with Crippen LogP contribution in [0.15, 0.2) is 60.5 Å². The molecular formula is C30H40FN. The second kappa shape index (κ2) is 13.4. The van der Waals surface area contributed by atoms with Crippen LogP contribution in [0.2, 0.25) is 0 Å². The first kappa shape index (κ1) is 24.5. The topological polar surface area (TPSA) is 23.8 Å². The van der Waals surface area contributed by atoms with Crippen molar-refractivity contribution in [1.82, 2.24) is 0 Å². The van der Waals surface area contributed by atoms with E-state index in [-0.39, 0.29) is 0 Å². The minimum Gasteiger partial charge on any atom is -0.195 e. The molecule has 0 aliphatic heterocycles. The van der Waals surface area contributed by atoms with E-state index >= 15 is 0 Å². The lowest BCUT2D eigenvalue weighted by molar-refractivity contribution is 0.348. The maximum atomic E-state index is 12.9. The summed E-state index contributed by atoms with van der Waals surface area (Å²) in [5.41, 5.74) is 3.04. The Balaban J connectivity index is 1.37. The van der Waals surface area contributed by atoms with Crippen molar-refractivity contribution in [3.05, 3.63) is 71.6 Å². The van der Waals surface area contributed by atoms with Crippen molar-refractivity contribution < 1.29 is 4.39 Å². The van der Waals surface area contributed by atoms with Gasteiger partial charge in [-0.25, -0.2) is 0 Å². The van der Waals surface area contributed by atoms with Gasteiger partial charge in [0.1, 0.15) is 6.07 Å². The molecular weight excluding hydrogens is 393 g/mol. The molecule has 0 unspecified atom stereocenters. The SMILES string of the molecule is CCCCCc1ccc(C2CCC(C=CC3CCC(C=CC=C(F)C#N)CC3)CC2)cc1. The van der Waals surface area contributed by atoms with Gasteiger partial charge in [0.05, 0.1) is 0 Å². The molecule has 0 aromatic heterocycles. The smallest absolute Gasteiger partial charge is 0.195 e. The van der Waals surface area contributed by atoms with Crippen LogP contribution >= 0.6 is 0 Å². The molecule has 1 nitrogen and oxygen atoms in total. The van der Waals surface area contributed by atoms with Gasteiger partial charge in [-0.15, -0.1) is 0 Å². The standard InChI is InChI=1S/C30H40FN/c1-2-3-4-6-24-15-19-28(20-16-24)29-21-17-27(18-22-29)14-13-26-11-9-25(10-12-26)7-5-8-30(31)23-32/h5,7-8,13-16,19-20,25-27,29H,2-4,6,9-12,17-18,21-22H2,1H3. The van der Waals surface area contributed by atoms with Crippen LogP contribution in [0.5, 0.6) is 0 Å². The van der Waals surface area contributed by atoms with E-state index in [2.05, 4.69) is 49.4 Å². The predicted octanol–water partition coefficient (Wildman–Crippen LogP) is 8.99. The van der Waals surface area contributed by atoms with Crippen LogP contribution < -0.4 is 0 Å². The molecule has 0 atom stereocenters. The van der Waals surface area contributed by atoms with Gasteiger partial charge in [0.25, 0.3) is 0 Å². The molecule has 0 saturated heterocycles. The Labute approximate surface area is 195 Å². The third kappa shape index (κ3) is 8.09. The van der Waals surface area contributed by atoms with E-state index in [1.807, 2.05) is 0 Å². The van der Waals surface area contributed by atoms with Gasteiger partial charge in [0.15, 0.2) is 5.83 Å². The van der Waals surface area contributed by atoms with Crippen LogP contribution in [0.4, 0.5) is 4.39 Å². The number of nitrogens with zero attached hydrogens (tertiary/aromatic N) is 1. The van der Waals surface area contributed by atoms with Gasteiger partial charge in [-0.3, -0.25) is 0 Å². The normalized spacial score (nSPS) is 27.1. The third-order valence-electron chi connectivity index (χ3n) is 7.50. The molecule has 2 aliphatic rings. The number of hydrogen-bond acceptors (Lipinski definition) is 1. The number of aryl methyl sites for hydroxylation is 1. The van der Waals surface area contributed by atoms with Gasteiger partial charge < -0.3 is 0 Å². The van der Waals surface area contributed by atoms with Crippen molar-refractivity contribution in [2.24, 2.45) is 17.8 Å². The van der Waals surface area contributed by atoms with Gasteiger partial charge in [-0.2, -0.15) is 9.65 Å². The highest BCUT2D eigenvalue weighted by Gasteiger charge is 2.22. The summed E-state index contributed by atoms with van der Waals surface area (Å²) in [6.07, 6.45) is 25.2. The van der Waals surface area contributed by atoms with Gasteiger partial charge in [0, 0.05) is 0 Å². The van der Waals surface area contributed by atoms with Gasteiger partial charge in [-0.1, -0.05) is 68.3 Å². The lowest BCUT2D eigenvalue weighted by atomic mass is 9.77. The Morgan fingerprint density at radius 3 is 2.00 bits per heavy atom. The minimum atomic E-state index is -0.716. The van der Waals surface area contributed by atoms with Crippen molar-refractivity contribution in [2.75, 3.05) is 0 Å². The Morgan fingerprint density at radius 1 is 0.875 bits per heavy atom. The molecule has 172 valence electrons. The van der Waals surface area contributed by atoms with Crippen molar-refractivity contribution in [3.63, 3.8) is 0 Å². The molecule has 1 aromatic carbocycles. The van der Waals surface area contributed by atoms with E-state index in [9.17, 15) is 4.39 Å². The van der Waals surface area contributed by atoms with Crippen LogP contribution in [0.1, 0.15) is 94.6 Å². The molecule has 0 amide bonds. The van der Waals surface area contributed by atoms with E-state index in [0.717, 1.165) is 24.7 Å². The van der Waals surface area contributed by atoms with E-state index in [4.69, 9.17) is 5.26 Å². The van der Waals surface area contributed by atoms with Crippen molar-refractivity contribution in [1.29, 1.82) is 5.26 Å². The molecule has 0 bridgehead atoms. The van der Waals surface area contributed by atoms with E-state index in [1.54, 1.807) is 11.6 Å². The van der Waals surface area contributed by atoms with E-state index in [0.29, 0.717) is 11.8 Å². The number of halogens is 1. The second-order valence-electron chi connectivity index (χ2n) is 9.88. The summed E-state index contributed by atoms with van der Waals surface area (Å²) < 4.78 is 12.9. The summed E-state index contributed by atoms with van der Waals surface area (Å²) in [6, 6.07) is 11.0. The van der Waals surface area contributed by atoms with Crippen molar-refractivity contribution in [3.8, 4) is 6.07 Å². The molecule has 3 rings (SSSR count). The second-order valence-corrected chi connectivity index (χ2v) is 9.88. The largest absolute Gasteiger partial charge is 0.199 e. The monoisotopic (exact) mass is 433 g/mol. The lowest BCUT2D eigenvalue weighted by Gasteiger charge is -2.28. The number of hydrogen-bond donors (Lipinski definition) is 0. The summed E-state index contributed by atoms with van der Waals surface area (Å²) in [5, 5.41) is 8.45. The van der Waals surface area contributed by atoms with Crippen molar-refractivity contribution in [2.45, 2.75) is 89.9 Å². The fourth-order valence-electron chi connectivity index (χ4n) is 5.36. The number of rotatable bonds is 9. The summed E-state index contributed by atoms with van der Waals surface area (Å²) in [4.78, 5) is 0. The molecule has 2 fully saturated rings. The van der Waals surface area contributed by atoms with Crippen LogP contribution in [0, 0.1) is 29.1 Å². The molecule has 0 N–H and O–H groups in total. The first-order chi connectivity index (χ1) is 15.7. The highest BCUT2D eigenvalue weighted by molar-refractivity contribution is 5.26. The molecule has 0 spiro atoms. The quantitative estimate of drug-likeness (QED) is 0.165. The number of nitriles is 1. The minimum absolute atomic E-state index is 0.524. The predicted molar refractivity (Wildman–Crippen MR) is 133 cm³/mol. The van der Waals surface area contributed by atoms with Crippen molar-refractivity contribution >= 4 is 0 Å². The Bertz CT molecular complexity index is 794. The van der Waals surface area contributed by atoms with E-state index in [1.165, 1.54) is 81.9 Å². The van der Waals surface area contributed by atoms with Crippen LogP contribution in [-0.4, -0.2) is 0 Å². The molecule has 0 radical (unpaired) electrons. The highest BCUT2D eigenvalue weighted by Crippen LogP contribution is 2.37. The maximum Gasteiger partial charge on any atom is 0.199 e. The maximum absolute atomic E-state index is 12.9. The molecule has 32 heavy (non-hydrogen) atoms. The molecule has 2 heteroatoms. The Kier molecular flexibility index (Phi) is 10.3. The Hall–Kier alpha value is -2.14. The average molecular weight is 434 g/mol. The number of unbranched alkanes of at least 4 members (excludes halogenated alkanes) is 2. The molecule has 2 saturated carbocycles. The fourth-order valence-corrected chi connectivity index (χ4v) is 5.36. The van der Waals surface area contributed by atoms with Crippen LogP contribution in [0.3, 0.4) is 0 Å². The summed E-state index contributed by atoms with van der Waals surface area (Å²) in [5.74, 6) is 2.00. The lowest BCUT2D eigenvalue weighted by Crippen LogP contribution is -2.14. The average Bonchev–Trinajstić information content (AvgIpc) is 2.84. The van der Waals surface area contributed by atoms with Crippen LogP contribution in [-0.2, 0) is 6.42 Å². The summed E-state index contributed by atoms with van der Waals surface area (Å²) >= 11 is 0. The zero-order chi connectivity index (χ0) is 22.6. The van der Waals surface area contributed by atoms with Gasteiger partial charge in [-0.05, 0) is 105 Å². The molecule has 2 aliphatic carbocycles. The number of allylic oxidation sites excluding steroid dienone is 6. The van der Waals surface area contributed by atoms with Gasteiger partial charge >= 0.3 is 0 Å². The molecule has 1 aromatic rings. The zero-order valence-electron chi connectivity index (χ0n) is 19.8.